The number of aromatic nitrogens is 2. The van der Waals surface area contributed by atoms with E-state index in [-0.39, 0.29) is 5.91 Å². The highest BCUT2D eigenvalue weighted by Gasteiger charge is 2.17. The number of hydrogen-bond acceptors (Lipinski definition) is 6. The second kappa shape index (κ2) is 11.7. The van der Waals surface area contributed by atoms with Crippen LogP contribution in [-0.4, -0.2) is 51.9 Å². The van der Waals surface area contributed by atoms with E-state index in [4.69, 9.17) is 0 Å². The van der Waals surface area contributed by atoms with E-state index in [2.05, 4.69) is 43.0 Å². The van der Waals surface area contributed by atoms with Crippen LogP contribution in [0.3, 0.4) is 0 Å². The van der Waals surface area contributed by atoms with Crippen molar-refractivity contribution in [1.29, 1.82) is 0 Å². The van der Waals surface area contributed by atoms with Crippen LogP contribution in [0.2, 0.25) is 0 Å². The summed E-state index contributed by atoms with van der Waals surface area (Å²) in [4.78, 5) is 26.0. The number of pyridine rings is 1. The van der Waals surface area contributed by atoms with Gasteiger partial charge in [-0.25, -0.2) is 4.98 Å². The average molecular weight is 494 g/mol. The predicted molar refractivity (Wildman–Crippen MR) is 144 cm³/mol. The number of anilines is 1. The second-order valence-electron chi connectivity index (χ2n) is 8.73. The fourth-order valence-corrected chi connectivity index (χ4v) is 4.61. The van der Waals surface area contributed by atoms with Crippen molar-refractivity contribution in [3.05, 3.63) is 112 Å². The summed E-state index contributed by atoms with van der Waals surface area (Å²) in [5.41, 5.74) is 4.75. The number of carbonyl (C=O) groups excluding carboxylic acids is 1. The number of piperazine rings is 1. The third-order valence-corrected chi connectivity index (χ3v) is 6.79. The van der Waals surface area contributed by atoms with E-state index < -0.39 is 0 Å². The zero-order valence-corrected chi connectivity index (χ0v) is 20.7. The summed E-state index contributed by atoms with van der Waals surface area (Å²) in [6.07, 6.45) is 5.50. The average Bonchev–Trinajstić information content (AvgIpc) is 3.44. The van der Waals surface area contributed by atoms with Crippen molar-refractivity contribution in [2.45, 2.75) is 13.1 Å². The molecule has 0 atom stereocenters. The fraction of sp³-hybridized carbons (Fsp3) is 0.207. The minimum Gasteiger partial charge on any atom is -0.322 e. The molecule has 0 bridgehead atoms. The maximum Gasteiger partial charge on any atom is 0.255 e. The van der Waals surface area contributed by atoms with E-state index in [0.717, 1.165) is 55.5 Å². The molecule has 2 aromatic heterocycles. The van der Waals surface area contributed by atoms with Gasteiger partial charge in [0, 0.05) is 80.1 Å². The maximum atomic E-state index is 12.7. The van der Waals surface area contributed by atoms with Crippen LogP contribution >= 0.6 is 11.3 Å². The SMILES string of the molecule is O=C(Nc1ccc(C#Cc2nccs2)cc1)c1ccc(CN2CCN(Cc3cccnc3)CC2)cc1. The molecule has 1 saturated heterocycles. The van der Waals surface area contributed by atoms with Crippen molar-refractivity contribution < 1.29 is 4.79 Å². The number of hydrogen-bond donors (Lipinski definition) is 1. The lowest BCUT2D eigenvalue weighted by Crippen LogP contribution is -2.45. The number of rotatable bonds is 6. The molecule has 0 aliphatic carbocycles. The Morgan fingerprint density at radius 2 is 1.58 bits per heavy atom. The molecule has 2 aromatic carbocycles. The number of thiazole rings is 1. The molecule has 6 nitrogen and oxygen atoms in total. The molecular formula is C29H27N5OS. The number of carbonyl (C=O) groups is 1. The molecule has 1 N–H and O–H groups in total. The molecular weight excluding hydrogens is 466 g/mol. The van der Waals surface area contributed by atoms with Crippen LogP contribution in [0.5, 0.6) is 0 Å². The van der Waals surface area contributed by atoms with Crippen molar-refractivity contribution in [1.82, 2.24) is 19.8 Å². The smallest absolute Gasteiger partial charge is 0.255 e. The molecule has 4 aromatic rings. The van der Waals surface area contributed by atoms with Gasteiger partial charge in [-0.2, -0.15) is 0 Å². The Hall–Kier alpha value is -3.83. The third kappa shape index (κ3) is 6.64. The summed E-state index contributed by atoms with van der Waals surface area (Å²) >= 11 is 1.51. The molecule has 0 saturated carbocycles. The standard InChI is InChI=1S/C29H27N5OS/c35-29(32-27-10-5-23(6-11-27)7-12-28-31-14-19-36-28)26-8-3-24(4-9-26)21-33-15-17-34(18-16-33)22-25-2-1-13-30-20-25/h1-6,8-11,13-14,19-20H,15-18,21-22H2,(H,32,35). The third-order valence-electron chi connectivity index (χ3n) is 6.11. The summed E-state index contributed by atoms with van der Waals surface area (Å²) < 4.78 is 0. The summed E-state index contributed by atoms with van der Waals surface area (Å²) in [7, 11) is 0. The molecule has 0 radical (unpaired) electrons. The zero-order chi connectivity index (χ0) is 24.6. The molecule has 1 aliphatic heterocycles. The molecule has 0 unspecified atom stereocenters. The minimum atomic E-state index is -0.118. The first-order valence-electron chi connectivity index (χ1n) is 12.0. The zero-order valence-electron chi connectivity index (χ0n) is 19.9. The molecule has 3 heterocycles. The van der Waals surface area contributed by atoms with Gasteiger partial charge in [-0.3, -0.25) is 19.6 Å². The number of nitrogens with zero attached hydrogens (tertiary/aromatic N) is 4. The van der Waals surface area contributed by atoms with Gasteiger partial charge in [0.05, 0.1) is 0 Å². The largest absolute Gasteiger partial charge is 0.322 e. The van der Waals surface area contributed by atoms with Gasteiger partial charge in [0.1, 0.15) is 0 Å². The molecule has 5 rings (SSSR count). The summed E-state index contributed by atoms with van der Waals surface area (Å²) in [5.74, 6) is 6.00. The minimum absolute atomic E-state index is 0.118. The molecule has 0 spiro atoms. The number of nitrogens with one attached hydrogen (secondary N) is 1. The van der Waals surface area contributed by atoms with Gasteiger partial charge in [0.15, 0.2) is 5.01 Å². The van der Waals surface area contributed by atoms with E-state index in [9.17, 15) is 4.79 Å². The van der Waals surface area contributed by atoms with Crippen molar-refractivity contribution in [3.8, 4) is 11.8 Å². The highest BCUT2D eigenvalue weighted by atomic mass is 32.1. The molecule has 1 aliphatic rings. The molecule has 180 valence electrons. The summed E-state index contributed by atoms with van der Waals surface area (Å²) in [5, 5.41) is 5.66. The van der Waals surface area contributed by atoms with Crippen molar-refractivity contribution >= 4 is 22.9 Å². The first-order chi connectivity index (χ1) is 17.7. The van der Waals surface area contributed by atoms with Gasteiger partial charge in [0.2, 0.25) is 0 Å². The van der Waals surface area contributed by atoms with Crippen LogP contribution in [-0.2, 0) is 13.1 Å². The lowest BCUT2D eigenvalue weighted by molar-refractivity contribution is 0.102. The Kier molecular flexibility index (Phi) is 7.79. The highest BCUT2D eigenvalue weighted by molar-refractivity contribution is 7.10. The lowest BCUT2D eigenvalue weighted by Gasteiger charge is -2.34. The normalized spacial score (nSPS) is 14.1. The van der Waals surface area contributed by atoms with Crippen molar-refractivity contribution in [2.24, 2.45) is 0 Å². The quantitative estimate of drug-likeness (QED) is 0.401. The predicted octanol–water partition coefficient (Wildman–Crippen LogP) is 4.51. The Balaban J connectivity index is 1.09. The first-order valence-corrected chi connectivity index (χ1v) is 12.8. The topological polar surface area (TPSA) is 61.4 Å². The summed E-state index contributed by atoms with van der Waals surface area (Å²) in [6.45, 7) is 6.01. The van der Waals surface area contributed by atoms with E-state index in [0.29, 0.717) is 5.56 Å². The number of benzene rings is 2. The van der Waals surface area contributed by atoms with Crippen molar-refractivity contribution in [3.63, 3.8) is 0 Å². The Morgan fingerprint density at radius 3 is 2.22 bits per heavy atom. The van der Waals surface area contributed by atoms with E-state index in [1.165, 1.54) is 22.5 Å². The van der Waals surface area contributed by atoms with Gasteiger partial charge >= 0.3 is 0 Å². The molecule has 7 heteroatoms. The fourth-order valence-electron chi connectivity index (χ4n) is 4.13. The Labute approximate surface area is 215 Å². The Bertz CT molecular complexity index is 1320. The Morgan fingerprint density at radius 1 is 0.861 bits per heavy atom. The van der Waals surface area contributed by atoms with Gasteiger partial charge < -0.3 is 5.32 Å². The van der Waals surface area contributed by atoms with Crippen LogP contribution in [0.1, 0.15) is 32.1 Å². The van der Waals surface area contributed by atoms with Gasteiger partial charge in [-0.1, -0.05) is 24.1 Å². The van der Waals surface area contributed by atoms with Gasteiger partial charge in [-0.05, 0) is 59.5 Å². The lowest BCUT2D eigenvalue weighted by atomic mass is 10.1. The van der Waals surface area contributed by atoms with Crippen LogP contribution in [0.4, 0.5) is 5.69 Å². The van der Waals surface area contributed by atoms with Crippen molar-refractivity contribution in [2.75, 3.05) is 31.5 Å². The second-order valence-corrected chi connectivity index (χ2v) is 9.62. The highest BCUT2D eigenvalue weighted by Crippen LogP contribution is 2.15. The molecule has 1 fully saturated rings. The maximum absolute atomic E-state index is 12.7. The molecule has 36 heavy (non-hydrogen) atoms. The monoisotopic (exact) mass is 493 g/mol. The van der Waals surface area contributed by atoms with Crippen LogP contribution in [0, 0.1) is 11.8 Å². The van der Waals surface area contributed by atoms with Gasteiger partial charge in [-0.15, -0.1) is 11.3 Å². The van der Waals surface area contributed by atoms with Crippen LogP contribution in [0.15, 0.2) is 84.6 Å². The van der Waals surface area contributed by atoms with Crippen LogP contribution in [0.25, 0.3) is 0 Å². The van der Waals surface area contributed by atoms with E-state index >= 15 is 0 Å². The summed E-state index contributed by atoms with van der Waals surface area (Å²) in [6, 6.07) is 19.6. The van der Waals surface area contributed by atoms with E-state index in [1.807, 2.05) is 72.4 Å². The van der Waals surface area contributed by atoms with E-state index in [1.54, 1.807) is 6.20 Å². The number of amides is 1. The van der Waals surface area contributed by atoms with Crippen LogP contribution < -0.4 is 5.32 Å². The molecule has 1 amide bonds. The first kappa shape index (κ1) is 23.9. The van der Waals surface area contributed by atoms with Gasteiger partial charge in [0.25, 0.3) is 5.91 Å².